The van der Waals surface area contributed by atoms with E-state index in [2.05, 4.69) is 13.8 Å². The van der Waals surface area contributed by atoms with E-state index in [9.17, 15) is 9.18 Å². The molecule has 1 aromatic rings. The number of nitrogens with one attached hydrogen (secondary N) is 2. The van der Waals surface area contributed by atoms with E-state index in [-0.39, 0.29) is 22.8 Å². The molecule has 0 saturated carbocycles. The molecule has 106 valence electrons. The molecule has 4 heteroatoms. The first kappa shape index (κ1) is 12.5. The van der Waals surface area contributed by atoms with Crippen LogP contribution in [0.5, 0.6) is 0 Å². The number of halogens is 1. The fraction of sp³-hybridized carbons (Fsp3) is 0.562. The van der Waals surface area contributed by atoms with Crippen LogP contribution >= 0.6 is 0 Å². The van der Waals surface area contributed by atoms with E-state index in [0.717, 1.165) is 31.7 Å². The van der Waals surface area contributed by atoms with Gasteiger partial charge in [0.2, 0.25) is 6.17 Å². The molecule has 20 heavy (non-hydrogen) atoms. The third-order valence-corrected chi connectivity index (χ3v) is 5.60. The average Bonchev–Trinajstić information content (AvgIpc) is 2.36. The quantitative estimate of drug-likeness (QED) is 0.691. The number of Topliss-reactive ketones (excluding diaryl/α,β-unsaturated/α-hetero) is 1. The van der Waals surface area contributed by atoms with Gasteiger partial charge in [0.25, 0.3) is 0 Å². The van der Waals surface area contributed by atoms with Crippen LogP contribution in [0, 0.1) is 16.6 Å². The standard InChI is InChI=1S/C16H19FN2O/c1-15-7-18-9-16(2,14(15)20)10-19(8-15)13(18)11-5-3-4-6-12(11)17/h3-6,13H,7-10H2,1-2H3/p+2. The van der Waals surface area contributed by atoms with Gasteiger partial charge in [0.15, 0.2) is 5.78 Å². The maximum Gasteiger partial charge on any atom is 0.243 e. The molecule has 4 saturated heterocycles. The maximum absolute atomic E-state index is 14.2. The predicted molar refractivity (Wildman–Crippen MR) is 71.8 cm³/mol. The Morgan fingerprint density at radius 2 is 1.55 bits per heavy atom. The number of benzene rings is 1. The van der Waals surface area contributed by atoms with Crippen LogP contribution in [0.1, 0.15) is 25.6 Å². The molecule has 4 aliphatic rings. The van der Waals surface area contributed by atoms with Crippen molar-refractivity contribution in [3.63, 3.8) is 0 Å². The van der Waals surface area contributed by atoms with Crippen molar-refractivity contribution in [3.05, 3.63) is 35.6 Å². The van der Waals surface area contributed by atoms with E-state index in [1.807, 2.05) is 12.1 Å². The SMILES string of the molecule is CC12C[NH+]3CC(C)(C[NH+](C1)C3c1ccccc1F)C2=O. The van der Waals surface area contributed by atoms with Crippen LogP contribution in [0.25, 0.3) is 0 Å². The molecule has 5 rings (SSSR count). The predicted octanol–water partition coefficient (Wildman–Crippen LogP) is -0.783. The van der Waals surface area contributed by atoms with Crippen molar-refractivity contribution in [2.24, 2.45) is 10.8 Å². The summed E-state index contributed by atoms with van der Waals surface area (Å²) in [4.78, 5) is 15.4. The van der Waals surface area contributed by atoms with Crippen molar-refractivity contribution in [2.75, 3.05) is 26.2 Å². The molecular weight excluding hydrogens is 255 g/mol. The summed E-state index contributed by atoms with van der Waals surface area (Å²) in [5.41, 5.74) is 0.394. The zero-order valence-electron chi connectivity index (χ0n) is 12.0. The Hall–Kier alpha value is -1.26. The summed E-state index contributed by atoms with van der Waals surface area (Å²) in [5.74, 6) is 0.330. The van der Waals surface area contributed by atoms with E-state index < -0.39 is 0 Å². The van der Waals surface area contributed by atoms with Crippen LogP contribution in [-0.4, -0.2) is 32.0 Å². The summed E-state index contributed by atoms with van der Waals surface area (Å²) in [7, 11) is 0. The number of hydrogen-bond acceptors (Lipinski definition) is 1. The number of piperidine rings is 2. The summed E-state index contributed by atoms with van der Waals surface area (Å²) in [6.45, 7) is 7.61. The maximum atomic E-state index is 14.2. The Morgan fingerprint density at radius 3 is 2.05 bits per heavy atom. The van der Waals surface area contributed by atoms with E-state index in [1.54, 1.807) is 12.1 Å². The van der Waals surface area contributed by atoms with Gasteiger partial charge in [0.05, 0.1) is 0 Å². The second-order valence-corrected chi connectivity index (χ2v) is 7.43. The van der Waals surface area contributed by atoms with Crippen LogP contribution in [-0.2, 0) is 4.79 Å². The molecule has 4 aliphatic heterocycles. The van der Waals surface area contributed by atoms with Crippen molar-refractivity contribution >= 4 is 5.78 Å². The highest BCUT2D eigenvalue weighted by atomic mass is 19.1. The number of rotatable bonds is 1. The Morgan fingerprint density at radius 1 is 1.05 bits per heavy atom. The van der Waals surface area contributed by atoms with Crippen LogP contribution in [0.2, 0.25) is 0 Å². The largest absolute Gasteiger partial charge is 0.297 e. The van der Waals surface area contributed by atoms with Gasteiger partial charge in [-0.25, -0.2) is 4.39 Å². The van der Waals surface area contributed by atoms with Crippen molar-refractivity contribution in [3.8, 4) is 0 Å². The molecule has 0 radical (unpaired) electrons. The molecule has 0 atom stereocenters. The zero-order valence-corrected chi connectivity index (χ0v) is 12.0. The monoisotopic (exact) mass is 276 g/mol. The topological polar surface area (TPSA) is 26.0 Å². The lowest BCUT2D eigenvalue weighted by atomic mass is 9.62. The number of carbonyl (C=O) groups excluding carboxylic acids is 1. The minimum atomic E-state index is -0.211. The van der Waals surface area contributed by atoms with Gasteiger partial charge in [-0.2, -0.15) is 0 Å². The highest BCUT2D eigenvalue weighted by Gasteiger charge is 2.68. The van der Waals surface area contributed by atoms with Gasteiger partial charge in [-0.05, 0) is 26.0 Å². The molecule has 0 unspecified atom stereocenters. The smallest absolute Gasteiger partial charge is 0.243 e. The average molecular weight is 276 g/mol. The zero-order chi connectivity index (χ0) is 14.1. The lowest BCUT2D eigenvalue weighted by molar-refractivity contribution is -1.18. The van der Waals surface area contributed by atoms with Gasteiger partial charge in [-0.3, -0.25) is 14.6 Å². The number of ketones is 1. The Kier molecular flexibility index (Phi) is 2.30. The van der Waals surface area contributed by atoms with E-state index in [4.69, 9.17) is 0 Å². The van der Waals surface area contributed by atoms with Gasteiger partial charge in [0.1, 0.15) is 48.4 Å². The highest BCUT2D eigenvalue weighted by Crippen LogP contribution is 2.36. The van der Waals surface area contributed by atoms with Gasteiger partial charge >= 0.3 is 0 Å². The Bertz CT molecular complexity index is 560. The summed E-state index contributed by atoms with van der Waals surface area (Å²) in [6, 6.07) is 7.13. The Labute approximate surface area is 118 Å². The normalized spacial score (nSPS) is 46.0. The van der Waals surface area contributed by atoms with Gasteiger partial charge < -0.3 is 0 Å². The molecular formula is C16H21FN2O+2. The Balaban J connectivity index is 1.78. The molecule has 0 aliphatic carbocycles. The first-order valence-electron chi connectivity index (χ1n) is 7.41. The second-order valence-electron chi connectivity index (χ2n) is 7.43. The highest BCUT2D eigenvalue weighted by molar-refractivity contribution is 5.91. The lowest BCUT2D eigenvalue weighted by Crippen LogP contribution is -3.41. The lowest BCUT2D eigenvalue weighted by Gasteiger charge is -2.58. The number of carbonyl (C=O) groups is 1. The summed E-state index contributed by atoms with van der Waals surface area (Å²) in [6.07, 6.45) is 0.158. The van der Waals surface area contributed by atoms with E-state index in [0.29, 0.717) is 5.78 Å². The fourth-order valence-electron chi connectivity index (χ4n) is 5.15. The van der Waals surface area contributed by atoms with Gasteiger partial charge in [0, 0.05) is 0 Å². The first-order valence-corrected chi connectivity index (χ1v) is 7.41. The number of quaternary nitrogens is 2. The third kappa shape index (κ3) is 1.44. The molecule has 0 amide bonds. The first-order chi connectivity index (χ1) is 9.43. The minimum Gasteiger partial charge on any atom is -0.297 e. The molecule has 1 aromatic carbocycles. The molecule has 4 bridgehead atoms. The molecule has 0 spiro atoms. The van der Waals surface area contributed by atoms with Crippen LogP contribution in [0.3, 0.4) is 0 Å². The molecule has 3 nitrogen and oxygen atoms in total. The molecule has 4 heterocycles. The van der Waals surface area contributed by atoms with Gasteiger partial charge in [-0.1, -0.05) is 12.1 Å². The minimum absolute atomic E-state index is 0.105. The van der Waals surface area contributed by atoms with Gasteiger partial charge in [-0.15, -0.1) is 0 Å². The van der Waals surface area contributed by atoms with Crippen LogP contribution in [0.15, 0.2) is 24.3 Å². The van der Waals surface area contributed by atoms with E-state index in [1.165, 1.54) is 9.80 Å². The summed E-state index contributed by atoms with van der Waals surface area (Å²) < 4.78 is 14.2. The van der Waals surface area contributed by atoms with Crippen molar-refractivity contribution in [2.45, 2.75) is 20.0 Å². The van der Waals surface area contributed by atoms with Crippen molar-refractivity contribution in [1.82, 2.24) is 0 Å². The van der Waals surface area contributed by atoms with Crippen LogP contribution < -0.4 is 9.80 Å². The summed E-state index contributed by atoms with van der Waals surface area (Å²) >= 11 is 0. The molecule has 2 N–H and O–H groups in total. The van der Waals surface area contributed by atoms with E-state index >= 15 is 0 Å². The summed E-state index contributed by atoms with van der Waals surface area (Å²) in [5, 5.41) is 0. The van der Waals surface area contributed by atoms with Crippen molar-refractivity contribution < 1.29 is 19.0 Å². The molecule has 4 fully saturated rings. The number of hydrogen-bond donors (Lipinski definition) is 2. The third-order valence-electron chi connectivity index (χ3n) is 5.60. The fourth-order valence-corrected chi connectivity index (χ4v) is 5.15. The molecule has 0 aromatic heterocycles. The van der Waals surface area contributed by atoms with Crippen molar-refractivity contribution in [1.29, 1.82) is 0 Å². The van der Waals surface area contributed by atoms with Crippen LogP contribution in [0.4, 0.5) is 4.39 Å². The second kappa shape index (κ2) is 3.68.